The normalized spacial score (nSPS) is 12.2. The second-order valence-corrected chi connectivity index (χ2v) is 6.81. The van der Waals surface area contributed by atoms with E-state index in [1.165, 1.54) is 0 Å². The Bertz CT molecular complexity index is 1110. The Labute approximate surface area is 168 Å². The minimum atomic E-state index is 0.0381. The zero-order valence-corrected chi connectivity index (χ0v) is 16.6. The van der Waals surface area contributed by atoms with Crippen molar-refractivity contribution in [2.45, 2.75) is 19.6 Å². The van der Waals surface area contributed by atoms with Crippen LogP contribution in [0.5, 0.6) is 5.75 Å². The van der Waals surface area contributed by atoms with Crippen LogP contribution in [0.25, 0.3) is 11.0 Å². The Morgan fingerprint density at radius 2 is 2.07 bits per heavy atom. The Morgan fingerprint density at radius 1 is 1.17 bits per heavy atom. The highest BCUT2D eigenvalue weighted by Crippen LogP contribution is 2.19. The first-order chi connectivity index (χ1) is 14.1. The summed E-state index contributed by atoms with van der Waals surface area (Å²) in [7, 11) is 3.53. The molecule has 0 amide bonds. The molecule has 0 aliphatic carbocycles. The van der Waals surface area contributed by atoms with E-state index in [2.05, 4.69) is 25.5 Å². The summed E-state index contributed by atoms with van der Waals surface area (Å²) in [6.45, 7) is 3.04. The molecule has 1 aromatic carbocycles. The van der Waals surface area contributed by atoms with Gasteiger partial charge in [-0.15, -0.1) is 0 Å². The molecule has 9 nitrogen and oxygen atoms in total. The monoisotopic (exact) mass is 393 g/mol. The Hall–Kier alpha value is -3.46. The van der Waals surface area contributed by atoms with Crippen LogP contribution < -0.4 is 10.1 Å². The van der Waals surface area contributed by atoms with Crippen LogP contribution in [0.4, 0.5) is 11.6 Å². The molecule has 1 atom stereocenters. The fourth-order valence-corrected chi connectivity index (χ4v) is 2.85. The van der Waals surface area contributed by atoms with Crippen molar-refractivity contribution in [2.24, 2.45) is 7.05 Å². The van der Waals surface area contributed by atoms with Crippen LogP contribution in [-0.4, -0.2) is 49.3 Å². The molecule has 0 radical (unpaired) electrons. The molecular formula is C20H23N7O2. The standard InChI is InChI=1S/C20H23N7O2/c1-14(28-3)13-29-18-6-4-5-15(7-18)11-27-19-16(9-23-27)8-21-20(25-19)24-17-10-22-26(2)12-17/h4-10,12,14H,11,13H2,1-3H3,(H,21,24,25)/t14-/m0/s1. The van der Waals surface area contributed by atoms with Crippen LogP contribution in [0.2, 0.25) is 0 Å². The lowest BCUT2D eigenvalue weighted by Crippen LogP contribution is -2.16. The van der Waals surface area contributed by atoms with Crippen LogP contribution in [0.15, 0.2) is 49.1 Å². The van der Waals surface area contributed by atoms with Crippen molar-refractivity contribution in [3.05, 3.63) is 54.6 Å². The minimum absolute atomic E-state index is 0.0381. The predicted octanol–water partition coefficient (Wildman–Crippen LogP) is 2.77. The molecule has 0 aliphatic heterocycles. The van der Waals surface area contributed by atoms with Crippen molar-refractivity contribution >= 4 is 22.7 Å². The first-order valence-electron chi connectivity index (χ1n) is 9.29. The Morgan fingerprint density at radius 3 is 2.86 bits per heavy atom. The van der Waals surface area contributed by atoms with Gasteiger partial charge >= 0.3 is 0 Å². The summed E-state index contributed by atoms with van der Waals surface area (Å²) in [5.41, 5.74) is 2.65. The van der Waals surface area contributed by atoms with Gasteiger partial charge < -0.3 is 14.8 Å². The van der Waals surface area contributed by atoms with E-state index in [4.69, 9.17) is 9.47 Å². The van der Waals surface area contributed by atoms with E-state index in [9.17, 15) is 0 Å². The number of nitrogens with zero attached hydrogens (tertiary/aromatic N) is 6. The molecule has 4 aromatic rings. The van der Waals surface area contributed by atoms with Crippen molar-refractivity contribution in [3.63, 3.8) is 0 Å². The first-order valence-corrected chi connectivity index (χ1v) is 9.29. The summed E-state index contributed by atoms with van der Waals surface area (Å²) >= 11 is 0. The molecule has 0 unspecified atom stereocenters. The van der Waals surface area contributed by atoms with Crippen LogP contribution in [-0.2, 0) is 18.3 Å². The zero-order chi connectivity index (χ0) is 20.2. The summed E-state index contributed by atoms with van der Waals surface area (Å²) in [6, 6.07) is 7.95. The molecule has 0 saturated heterocycles. The number of aryl methyl sites for hydroxylation is 1. The van der Waals surface area contributed by atoms with Crippen LogP contribution >= 0.6 is 0 Å². The van der Waals surface area contributed by atoms with Gasteiger partial charge in [0.05, 0.1) is 36.1 Å². The van der Waals surface area contributed by atoms with Crippen molar-refractivity contribution in [1.29, 1.82) is 0 Å². The summed E-state index contributed by atoms with van der Waals surface area (Å²) in [5, 5.41) is 12.6. The van der Waals surface area contributed by atoms with E-state index < -0.39 is 0 Å². The molecular weight excluding hydrogens is 370 g/mol. The number of hydrogen-bond acceptors (Lipinski definition) is 7. The number of rotatable bonds is 8. The highest BCUT2D eigenvalue weighted by atomic mass is 16.5. The fraction of sp³-hybridized carbons (Fsp3) is 0.300. The van der Waals surface area contributed by atoms with Gasteiger partial charge in [-0.2, -0.15) is 15.2 Å². The van der Waals surface area contributed by atoms with Crippen LogP contribution in [0.1, 0.15) is 12.5 Å². The summed E-state index contributed by atoms with van der Waals surface area (Å²) in [5.74, 6) is 1.30. The molecule has 3 aromatic heterocycles. The summed E-state index contributed by atoms with van der Waals surface area (Å²) < 4.78 is 14.6. The first kappa shape index (κ1) is 18.9. The van der Waals surface area contributed by atoms with Gasteiger partial charge in [0, 0.05) is 26.6 Å². The lowest BCUT2D eigenvalue weighted by atomic mass is 10.2. The highest BCUT2D eigenvalue weighted by molar-refractivity contribution is 5.75. The lowest BCUT2D eigenvalue weighted by Gasteiger charge is -2.12. The third kappa shape index (κ3) is 4.52. The van der Waals surface area contributed by atoms with Gasteiger partial charge in [0.1, 0.15) is 12.4 Å². The zero-order valence-electron chi connectivity index (χ0n) is 16.6. The van der Waals surface area contributed by atoms with Gasteiger partial charge in [0.15, 0.2) is 5.65 Å². The molecule has 9 heteroatoms. The van der Waals surface area contributed by atoms with Crippen molar-refractivity contribution in [3.8, 4) is 5.75 Å². The second-order valence-electron chi connectivity index (χ2n) is 6.81. The molecule has 0 spiro atoms. The van der Waals surface area contributed by atoms with Crippen LogP contribution in [0.3, 0.4) is 0 Å². The number of fused-ring (bicyclic) bond motifs is 1. The van der Waals surface area contributed by atoms with E-state index in [1.807, 2.05) is 49.1 Å². The quantitative estimate of drug-likeness (QED) is 0.492. The molecule has 0 bridgehead atoms. The summed E-state index contributed by atoms with van der Waals surface area (Å²) in [6.07, 6.45) is 7.15. The number of aromatic nitrogens is 6. The predicted molar refractivity (Wildman–Crippen MR) is 109 cm³/mol. The van der Waals surface area contributed by atoms with Gasteiger partial charge in [0.25, 0.3) is 0 Å². The van der Waals surface area contributed by atoms with E-state index >= 15 is 0 Å². The maximum atomic E-state index is 5.80. The van der Waals surface area contributed by atoms with Crippen molar-refractivity contribution < 1.29 is 9.47 Å². The number of hydrogen-bond donors (Lipinski definition) is 1. The molecule has 4 rings (SSSR count). The molecule has 29 heavy (non-hydrogen) atoms. The average Bonchev–Trinajstić information content (AvgIpc) is 3.32. The van der Waals surface area contributed by atoms with Gasteiger partial charge in [-0.3, -0.25) is 4.68 Å². The van der Waals surface area contributed by atoms with Gasteiger partial charge in [-0.1, -0.05) is 12.1 Å². The molecule has 150 valence electrons. The van der Waals surface area contributed by atoms with Gasteiger partial charge in [-0.05, 0) is 24.6 Å². The Balaban J connectivity index is 1.52. The summed E-state index contributed by atoms with van der Waals surface area (Å²) in [4.78, 5) is 8.97. The van der Waals surface area contributed by atoms with Crippen molar-refractivity contribution in [1.82, 2.24) is 29.5 Å². The molecule has 0 aliphatic rings. The van der Waals surface area contributed by atoms with E-state index in [1.54, 1.807) is 30.4 Å². The topological polar surface area (TPSA) is 91.9 Å². The van der Waals surface area contributed by atoms with Gasteiger partial charge in [-0.25, -0.2) is 9.67 Å². The number of benzene rings is 1. The van der Waals surface area contributed by atoms with E-state index in [0.717, 1.165) is 28.0 Å². The number of anilines is 2. The molecule has 1 N–H and O–H groups in total. The van der Waals surface area contributed by atoms with Gasteiger partial charge in [0.2, 0.25) is 5.95 Å². The smallest absolute Gasteiger partial charge is 0.229 e. The number of ether oxygens (including phenoxy) is 2. The van der Waals surface area contributed by atoms with E-state index in [0.29, 0.717) is 19.1 Å². The second kappa shape index (κ2) is 8.27. The SMILES string of the molecule is CO[C@@H](C)COc1cccc(Cn2ncc3cnc(Nc4cnn(C)c4)nc32)c1. The maximum absolute atomic E-state index is 5.80. The Kier molecular flexibility index (Phi) is 5.39. The minimum Gasteiger partial charge on any atom is -0.491 e. The van der Waals surface area contributed by atoms with E-state index in [-0.39, 0.29) is 6.10 Å². The third-order valence-corrected chi connectivity index (χ3v) is 4.46. The number of methoxy groups -OCH3 is 1. The number of nitrogens with one attached hydrogen (secondary N) is 1. The van der Waals surface area contributed by atoms with Crippen molar-refractivity contribution in [2.75, 3.05) is 19.0 Å². The highest BCUT2D eigenvalue weighted by Gasteiger charge is 2.09. The fourth-order valence-electron chi connectivity index (χ4n) is 2.85. The van der Waals surface area contributed by atoms with Crippen LogP contribution in [0, 0.1) is 0 Å². The largest absolute Gasteiger partial charge is 0.491 e. The third-order valence-electron chi connectivity index (χ3n) is 4.46. The molecule has 3 heterocycles. The maximum Gasteiger partial charge on any atom is 0.229 e. The lowest BCUT2D eigenvalue weighted by molar-refractivity contribution is 0.0716. The molecule has 0 fully saturated rings. The molecule has 0 saturated carbocycles. The average molecular weight is 393 g/mol.